The second kappa shape index (κ2) is 10.8. The van der Waals surface area contributed by atoms with E-state index in [1.165, 1.54) is 5.39 Å². The number of pyridine rings is 2. The Bertz CT molecular complexity index is 1440. The van der Waals surface area contributed by atoms with E-state index in [1.54, 1.807) is 0 Å². The summed E-state index contributed by atoms with van der Waals surface area (Å²) >= 11 is 0. The van der Waals surface area contributed by atoms with Crippen LogP contribution in [0.1, 0.15) is 0 Å². The summed E-state index contributed by atoms with van der Waals surface area (Å²) in [5.41, 5.74) is 3.69. The van der Waals surface area contributed by atoms with E-state index in [4.69, 9.17) is 4.98 Å². The molecule has 6 aromatic rings. The van der Waals surface area contributed by atoms with Gasteiger partial charge in [-0.1, -0.05) is 48.5 Å². The molecule has 0 aliphatic carbocycles. The minimum absolute atomic E-state index is 0. The van der Waals surface area contributed by atoms with Crippen molar-refractivity contribution in [1.82, 2.24) is 9.97 Å². The summed E-state index contributed by atoms with van der Waals surface area (Å²) < 4.78 is 0. The molecule has 160 valence electrons. The maximum Gasteiger partial charge on any atom is 2.00 e. The molecule has 2 heterocycles. The van der Waals surface area contributed by atoms with Crippen molar-refractivity contribution < 1.29 is 21.1 Å². The van der Waals surface area contributed by atoms with Gasteiger partial charge < -0.3 is 0 Å². The Morgan fingerprint density at radius 1 is 0.576 bits per heavy atom. The van der Waals surface area contributed by atoms with Crippen LogP contribution in [0.2, 0.25) is 0 Å². The third-order valence-electron chi connectivity index (χ3n) is 5.21. The molecule has 0 saturated heterocycles. The Hall–Kier alpha value is -3.61. The van der Waals surface area contributed by atoms with E-state index in [-0.39, 0.29) is 21.1 Å². The molecular formula is C30H20N2Pt. The Balaban J connectivity index is 0.000000325. The molecule has 0 aliphatic heterocycles. The quantitative estimate of drug-likeness (QED) is 0.193. The maximum absolute atomic E-state index is 4.95. The summed E-state index contributed by atoms with van der Waals surface area (Å²) in [6, 6.07) is 44.6. The predicted octanol–water partition coefficient (Wildman–Crippen LogP) is 7.40. The van der Waals surface area contributed by atoms with Gasteiger partial charge in [-0.05, 0) is 34.0 Å². The molecule has 4 aromatic carbocycles. The van der Waals surface area contributed by atoms with E-state index >= 15 is 0 Å². The van der Waals surface area contributed by atoms with Crippen LogP contribution in [0.5, 0.6) is 0 Å². The van der Waals surface area contributed by atoms with Crippen molar-refractivity contribution in [3.63, 3.8) is 0 Å². The second-order valence-electron chi connectivity index (χ2n) is 7.35. The second-order valence-corrected chi connectivity index (χ2v) is 7.35. The molecule has 33 heavy (non-hydrogen) atoms. The van der Waals surface area contributed by atoms with E-state index < -0.39 is 0 Å². The molecule has 0 bridgehead atoms. The molecule has 0 radical (unpaired) electrons. The first kappa shape index (κ1) is 22.6. The van der Waals surface area contributed by atoms with Gasteiger partial charge in [0.1, 0.15) is 0 Å². The first-order valence-electron chi connectivity index (χ1n) is 10.5. The van der Waals surface area contributed by atoms with Crippen molar-refractivity contribution in [2.45, 2.75) is 0 Å². The molecule has 0 saturated carbocycles. The molecular weight excluding hydrogens is 583 g/mol. The molecule has 0 amide bonds. The molecule has 0 fully saturated rings. The van der Waals surface area contributed by atoms with Gasteiger partial charge >= 0.3 is 21.1 Å². The predicted molar refractivity (Wildman–Crippen MR) is 132 cm³/mol. The van der Waals surface area contributed by atoms with Gasteiger partial charge in [0, 0.05) is 11.6 Å². The zero-order valence-corrected chi connectivity index (χ0v) is 20.0. The van der Waals surface area contributed by atoms with E-state index in [9.17, 15) is 0 Å². The average Bonchev–Trinajstić information content (AvgIpc) is 2.89. The maximum atomic E-state index is 4.95. The van der Waals surface area contributed by atoms with E-state index in [1.807, 2.05) is 79.0 Å². The van der Waals surface area contributed by atoms with Gasteiger partial charge in [0.2, 0.25) is 0 Å². The van der Waals surface area contributed by atoms with Crippen LogP contribution in [-0.4, -0.2) is 9.97 Å². The zero-order valence-electron chi connectivity index (χ0n) is 17.8. The SMILES string of the molecule is [Pt+2].[c-]1ccccc1.[c-]1ccccc1-c1nc(-c2cc3ccccc3cn2)cc2ccccc12. The minimum Gasteiger partial charge on any atom is -0.294 e. The van der Waals surface area contributed by atoms with Crippen LogP contribution < -0.4 is 0 Å². The summed E-state index contributed by atoms with van der Waals surface area (Å²) in [6.07, 6.45) is 1.91. The van der Waals surface area contributed by atoms with Crippen LogP contribution in [0.4, 0.5) is 0 Å². The number of nitrogens with zero attached hydrogens (tertiary/aromatic N) is 2. The molecule has 3 heteroatoms. The van der Waals surface area contributed by atoms with Gasteiger partial charge in [0.15, 0.2) is 0 Å². The van der Waals surface area contributed by atoms with Gasteiger partial charge in [-0.2, -0.15) is 36.4 Å². The number of hydrogen-bond acceptors (Lipinski definition) is 2. The Labute approximate surface area is 208 Å². The van der Waals surface area contributed by atoms with E-state index in [0.717, 1.165) is 38.8 Å². The molecule has 0 N–H and O–H groups in total. The number of benzene rings is 4. The van der Waals surface area contributed by atoms with Crippen molar-refractivity contribution in [2.75, 3.05) is 0 Å². The van der Waals surface area contributed by atoms with Crippen LogP contribution in [-0.2, 0) is 21.1 Å². The largest absolute Gasteiger partial charge is 2.00 e. The monoisotopic (exact) mass is 603 g/mol. The fraction of sp³-hybridized carbons (Fsp3) is 0. The van der Waals surface area contributed by atoms with Crippen LogP contribution in [0, 0.1) is 12.1 Å². The van der Waals surface area contributed by atoms with Gasteiger partial charge in [-0.15, -0.1) is 35.9 Å². The molecule has 6 rings (SSSR count). The normalized spacial score (nSPS) is 10.2. The number of aromatic nitrogens is 2. The molecule has 0 spiro atoms. The smallest absolute Gasteiger partial charge is 0.294 e. The topological polar surface area (TPSA) is 25.8 Å². The summed E-state index contributed by atoms with van der Waals surface area (Å²) in [5, 5.41) is 4.58. The van der Waals surface area contributed by atoms with E-state index in [0.29, 0.717) is 0 Å². The van der Waals surface area contributed by atoms with Crippen molar-refractivity contribution in [2.24, 2.45) is 0 Å². The van der Waals surface area contributed by atoms with Crippen LogP contribution in [0.25, 0.3) is 44.2 Å². The van der Waals surface area contributed by atoms with Crippen molar-refractivity contribution in [1.29, 1.82) is 0 Å². The molecule has 0 atom stereocenters. The molecule has 0 unspecified atom stereocenters. The number of fused-ring (bicyclic) bond motifs is 2. The van der Waals surface area contributed by atoms with Gasteiger partial charge in [-0.25, -0.2) is 0 Å². The number of rotatable bonds is 2. The molecule has 0 aliphatic rings. The van der Waals surface area contributed by atoms with Crippen LogP contribution in [0.15, 0.2) is 121 Å². The minimum atomic E-state index is 0. The Morgan fingerprint density at radius 3 is 1.94 bits per heavy atom. The van der Waals surface area contributed by atoms with Crippen molar-refractivity contribution in [3.05, 3.63) is 134 Å². The first-order valence-corrected chi connectivity index (χ1v) is 10.5. The fourth-order valence-corrected chi connectivity index (χ4v) is 3.64. The van der Waals surface area contributed by atoms with Crippen LogP contribution in [0.3, 0.4) is 0 Å². The number of hydrogen-bond donors (Lipinski definition) is 0. The van der Waals surface area contributed by atoms with Gasteiger partial charge in [0.25, 0.3) is 0 Å². The Morgan fingerprint density at radius 2 is 1.24 bits per heavy atom. The van der Waals surface area contributed by atoms with Gasteiger partial charge in [0.05, 0.1) is 11.4 Å². The average molecular weight is 604 g/mol. The molecule has 2 nitrogen and oxygen atoms in total. The zero-order chi connectivity index (χ0) is 21.6. The van der Waals surface area contributed by atoms with Crippen molar-refractivity contribution >= 4 is 21.5 Å². The van der Waals surface area contributed by atoms with E-state index in [2.05, 4.69) is 59.6 Å². The summed E-state index contributed by atoms with van der Waals surface area (Å²) in [4.78, 5) is 9.60. The third kappa shape index (κ3) is 5.25. The first-order chi connectivity index (χ1) is 15.9. The van der Waals surface area contributed by atoms with Crippen LogP contribution >= 0.6 is 0 Å². The fourth-order valence-electron chi connectivity index (χ4n) is 3.64. The van der Waals surface area contributed by atoms with Gasteiger partial charge in [-0.3, -0.25) is 9.97 Å². The summed E-state index contributed by atoms with van der Waals surface area (Å²) in [6.45, 7) is 0. The third-order valence-corrected chi connectivity index (χ3v) is 5.21. The summed E-state index contributed by atoms with van der Waals surface area (Å²) in [5.74, 6) is 0. The Kier molecular flexibility index (Phi) is 7.39. The summed E-state index contributed by atoms with van der Waals surface area (Å²) in [7, 11) is 0. The molecule has 2 aromatic heterocycles. The standard InChI is InChI=1S/C24H15N2.C6H5.Pt/c1-2-8-17(9-3-1)24-21-13-7-6-11-19(21)15-23(26-24)22-14-18-10-4-5-12-20(18)16-25-22;1-2-4-6-5-3-1;/h1-8,10-16H;1-5H;/q2*-1;+2. The van der Waals surface area contributed by atoms with Crippen molar-refractivity contribution in [3.8, 4) is 22.6 Å².